The van der Waals surface area contributed by atoms with Gasteiger partial charge in [0.25, 0.3) is 0 Å². The Kier molecular flexibility index (Phi) is 6.01. The predicted octanol–water partition coefficient (Wildman–Crippen LogP) is 4.87. The molecule has 4 nitrogen and oxygen atoms in total. The molecule has 1 aliphatic heterocycles. The van der Waals surface area contributed by atoms with Crippen LogP contribution in [-0.2, 0) is 26.1 Å². The van der Waals surface area contributed by atoms with Gasteiger partial charge in [0.05, 0.1) is 14.2 Å². The number of fused-ring (bicyclic) bond motifs is 1. The molecule has 0 radical (unpaired) electrons. The molecule has 3 aromatic carbocycles. The highest BCUT2D eigenvalue weighted by molar-refractivity contribution is 5.48. The van der Waals surface area contributed by atoms with Crippen LogP contribution in [0.4, 0.5) is 5.69 Å². The van der Waals surface area contributed by atoms with Gasteiger partial charge in [0.1, 0.15) is 0 Å². The van der Waals surface area contributed by atoms with Gasteiger partial charge in [0.2, 0.25) is 0 Å². The van der Waals surface area contributed by atoms with E-state index in [4.69, 9.17) is 9.47 Å². The maximum atomic E-state index is 5.47. The topological polar surface area (TPSA) is 33.7 Å². The maximum absolute atomic E-state index is 5.47. The second-order valence-corrected chi connectivity index (χ2v) is 7.47. The molecule has 0 aromatic heterocycles. The molecule has 1 aliphatic rings. The van der Waals surface area contributed by atoms with Crippen LogP contribution in [0.25, 0.3) is 0 Å². The number of hydrogen-bond donors (Lipinski definition) is 1. The molecule has 4 heteroatoms. The van der Waals surface area contributed by atoms with Gasteiger partial charge in [-0.25, -0.2) is 0 Å². The number of methoxy groups -OCH3 is 2. The third kappa shape index (κ3) is 4.72. The van der Waals surface area contributed by atoms with E-state index in [1.807, 2.05) is 6.07 Å². The molecule has 0 saturated carbocycles. The Bertz CT molecular complexity index is 939. The van der Waals surface area contributed by atoms with Crippen molar-refractivity contribution in [2.24, 2.45) is 0 Å². The summed E-state index contributed by atoms with van der Waals surface area (Å²) in [6, 6.07) is 23.5. The molecule has 150 valence electrons. The van der Waals surface area contributed by atoms with Crippen LogP contribution in [-0.4, -0.2) is 25.7 Å². The van der Waals surface area contributed by atoms with E-state index in [9.17, 15) is 0 Å². The van der Waals surface area contributed by atoms with Crippen LogP contribution in [0.3, 0.4) is 0 Å². The zero-order valence-corrected chi connectivity index (χ0v) is 17.2. The first-order valence-electron chi connectivity index (χ1n) is 10.1. The fraction of sp³-hybridized carbons (Fsp3) is 0.280. The lowest BCUT2D eigenvalue weighted by molar-refractivity contribution is 0.244. The van der Waals surface area contributed by atoms with Crippen molar-refractivity contribution in [3.8, 4) is 11.5 Å². The lowest BCUT2D eigenvalue weighted by atomic mass is 9.98. The number of benzene rings is 3. The van der Waals surface area contributed by atoms with Gasteiger partial charge in [-0.1, -0.05) is 42.5 Å². The Morgan fingerprint density at radius 3 is 2.21 bits per heavy atom. The van der Waals surface area contributed by atoms with E-state index < -0.39 is 0 Å². The molecule has 4 rings (SSSR count). The Hall–Kier alpha value is -2.98. The fourth-order valence-electron chi connectivity index (χ4n) is 3.86. The minimum Gasteiger partial charge on any atom is -0.493 e. The van der Waals surface area contributed by atoms with Crippen molar-refractivity contribution in [2.45, 2.75) is 26.1 Å². The molecule has 0 amide bonds. The smallest absolute Gasteiger partial charge is 0.161 e. The lowest BCUT2D eigenvalue weighted by Crippen LogP contribution is -2.30. The highest BCUT2D eigenvalue weighted by atomic mass is 16.5. The SMILES string of the molecule is COc1cc2c(cc1OC)CN(Cc1ccc(NCc3ccccc3)cc1)CC2. The molecule has 1 heterocycles. The maximum Gasteiger partial charge on any atom is 0.161 e. The van der Waals surface area contributed by atoms with E-state index in [2.05, 4.69) is 70.9 Å². The Balaban J connectivity index is 1.36. The van der Waals surface area contributed by atoms with E-state index in [1.54, 1.807) is 14.2 Å². The zero-order valence-electron chi connectivity index (χ0n) is 17.2. The molecule has 3 aromatic rings. The van der Waals surface area contributed by atoms with Gasteiger partial charge in [-0.15, -0.1) is 0 Å². The Labute approximate surface area is 173 Å². The molecule has 0 saturated heterocycles. The standard InChI is InChI=1S/C25H28N2O2/c1-28-24-14-21-12-13-27(18-22(21)15-25(24)29-2)17-20-8-10-23(11-9-20)26-16-19-6-4-3-5-7-19/h3-11,14-15,26H,12-13,16-18H2,1-2H3. The van der Waals surface area contributed by atoms with Gasteiger partial charge >= 0.3 is 0 Å². The van der Waals surface area contributed by atoms with Crippen molar-refractivity contribution >= 4 is 5.69 Å². The van der Waals surface area contributed by atoms with Gasteiger partial charge in [0, 0.05) is 31.9 Å². The van der Waals surface area contributed by atoms with Gasteiger partial charge in [-0.2, -0.15) is 0 Å². The summed E-state index contributed by atoms with van der Waals surface area (Å²) >= 11 is 0. The van der Waals surface area contributed by atoms with Gasteiger partial charge < -0.3 is 14.8 Å². The summed E-state index contributed by atoms with van der Waals surface area (Å²) in [5, 5.41) is 3.49. The minimum atomic E-state index is 0.807. The molecular formula is C25H28N2O2. The van der Waals surface area contributed by atoms with Crippen LogP contribution in [0.15, 0.2) is 66.7 Å². The molecule has 1 N–H and O–H groups in total. The molecule has 0 spiro atoms. The highest BCUT2D eigenvalue weighted by Crippen LogP contribution is 2.33. The molecular weight excluding hydrogens is 360 g/mol. The summed E-state index contributed by atoms with van der Waals surface area (Å²) < 4.78 is 10.9. The van der Waals surface area contributed by atoms with Gasteiger partial charge in [-0.05, 0) is 52.9 Å². The van der Waals surface area contributed by atoms with Crippen LogP contribution in [0, 0.1) is 0 Å². The fourth-order valence-corrected chi connectivity index (χ4v) is 3.86. The van der Waals surface area contributed by atoms with Crippen LogP contribution in [0.2, 0.25) is 0 Å². The van der Waals surface area contributed by atoms with Gasteiger partial charge in [-0.3, -0.25) is 4.90 Å². The van der Waals surface area contributed by atoms with E-state index in [1.165, 1.54) is 22.3 Å². The second kappa shape index (κ2) is 9.01. The van der Waals surface area contributed by atoms with E-state index in [0.717, 1.165) is 49.8 Å². The average molecular weight is 389 g/mol. The summed E-state index contributed by atoms with van der Waals surface area (Å²) in [6.07, 6.45) is 1.03. The Morgan fingerprint density at radius 1 is 0.828 bits per heavy atom. The normalized spacial score (nSPS) is 13.6. The van der Waals surface area contributed by atoms with Crippen LogP contribution in [0.5, 0.6) is 11.5 Å². The van der Waals surface area contributed by atoms with Crippen molar-refractivity contribution < 1.29 is 9.47 Å². The first-order chi connectivity index (χ1) is 14.2. The predicted molar refractivity (Wildman–Crippen MR) is 118 cm³/mol. The summed E-state index contributed by atoms with van der Waals surface area (Å²) in [4.78, 5) is 2.49. The number of ether oxygens (including phenoxy) is 2. The monoisotopic (exact) mass is 388 g/mol. The number of nitrogens with zero attached hydrogens (tertiary/aromatic N) is 1. The largest absolute Gasteiger partial charge is 0.493 e. The highest BCUT2D eigenvalue weighted by Gasteiger charge is 2.19. The molecule has 29 heavy (non-hydrogen) atoms. The van der Waals surface area contributed by atoms with Crippen molar-refractivity contribution in [3.05, 3.63) is 89.0 Å². The van der Waals surface area contributed by atoms with Crippen molar-refractivity contribution in [2.75, 3.05) is 26.1 Å². The minimum absolute atomic E-state index is 0.807. The van der Waals surface area contributed by atoms with Crippen molar-refractivity contribution in [3.63, 3.8) is 0 Å². The lowest BCUT2D eigenvalue weighted by Gasteiger charge is -2.29. The third-order valence-electron chi connectivity index (χ3n) is 5.50. The number of rotatable bonds is 7. The number of nitrogens with one attached hydrogen (secondary N) is 1. The van der Waals surface area contributed by atoms with E-state index in [0.29, 0.717) is 0 Å². The summed E-state index contributed by atoms with van der Waals surface area (Å²) in [6.45, 7) is 3.78. The average Bonchev–Trinajstić information content (AvgIpc) is 2.78. The summed E-state index contributed by atoms with van der Waals surface area (Å²) in [5.41, 5.74) is 6.46. The summed E-state index contributed by atoms with van der Waals surface area (Å²) in [7, 11) is 3.38. The quantitative estimate of drug-likeness (QED) is 0.626. The molecule has 0 aliphatic carbocycles. The molecule has 0 bridgehead atoms. The van der Waals surface area contributed by atoms with Crippen molar-refractivity contribution in [1.29, 1.82) is 0 Å². The molecule has 0 unspecified atom stereocenters. The van der Waals surface area contributed by atoms with Crippen molar-refractivity contribution in [1.82, 2.24) is 4.90 Å². The Morgan fingerprint density at radius 2 is 1.52 bits per heavy atom. The van der Waals surface area contributed by atoms with Gasteiger partial charge in [0.15, 0.2) is 11.5 Å². The first kappa shape index (κ1) is 19.3. The van der Waals surface area contributed by atoms with E-state index in [-0.39, 0.29) is 0 Å². The number of anilines is 1. The van der Waals surface area contributed by atoms with Crippen LogP contribution in [0.1, 0.15) is 22.3 Å². The second-order valence-electron chi connectivity index (χ2n) is 7.47. The first-order valence-corrected chi connectivity index (χ1v) is 10.1. The van der Waals surface area contributed by atoms with Crippen LogP contribution >= 0.6 is 0 Å². The summed E-state index contributed by atoms with van der Waals surface area (Å²) in [5.74, 6) is 1.63. The molecule has 0 fully saturated rings. The molecule has 0 atom stereocenters. The van der Waals surface area contributed by atoms with Crippen LogP contribution < -0.4 is 14.8 Å². The van der Waals surface area contributed by atoms with E-state index >= 15 is 0 Å². The zero-order chi connectivity index (χ0) is 20.1. The third-order valence-corrected chi connectivity index (χ3v) is 5.50. The number of hydrogen-bond acceptors (Lipinski definition) is 4.